The number of carbonyl (C=O) groups excluding carboxylic acids is 2. The zero-order chi connectivity index (χ0) is 27.2. The predicted molar refractivity (Wildman–Crippen MR) is 143 cm³/mol. The number of carbonyl (C=O) groups is 3. The van der Waals surface area contributed by atoms with Gasteiger partial charge in [0.1, 0.15) is 23.0 Å². The average Bonchev–Trinajstić information content (AvgIpc) is 3.25. The molecule has 1 aliphatic rings. The summed E-state index contributed by atoms with van der Waals surface area (Å²) < 4.78 is 11.7. The SMILES string of the molecule is CC[C@@H](NC(=O)CCc1c(C)c2cc3c4c(oc3cc2oc1=O)CCCC4)C(=O)NCCCCCC(=O)O. The molecular weight excluding hydrogens is 488 g/mol. The number of nitrogens with one attached hydrogen (secondary N) is 2. The van der Waals surface area contributed by atoms with Gasteiger partial charge >= 0.3 is 11.6 Å². The van der Waals surface area contributed by atoms with Crippen LogP contribution in [0.1, 0.15) is 80.7 Å². The zero-order valence-electron chi connectivity index (χ0n) is 22.1. The Bertz CT molecular complexity index is 1400. The fourth-order valence-corrected chi connectivity index (χ4v) is 5.20. The number of aliphatic carboxylic acids is 1. The van der Waals surface area contributed by atoms with Crippen molar-refractivity contribution >= 4 is 39.7 Å². The second-order valence-electron chi connectivity index (χ2n) is 10.1. The third-order valence-electron chi connectivity index (χ3n) is 7.39. The van der Waals surface area contributed by atoms with Crippen LogP contribution >= 0.6 is 0 Å². The van der Waals surface area contributed by atoms with E-state index >= 15 is 0 Å². The molecule has 2 aromatic heterocycles. The normalized spacial score (nSPS) is 13.8. The average molecular weight is 525 g/mol. The summed E-state index contributed by atoms with van der Waals surface area (Å²) in [7, 11) is 0. The Labute approximate surface area is 220 Å². The van der Waals surface area contributed by atoms with Crippen LogP contribution in [0.15, 0.2) is 25.8 Å². The van der Waals surface area contributed by atoms with Gasteiger partial charge in [0.15, 0.2) is 0 Å². The first-order valence-electron chi connectivity index (χ1n) is 13.6. The predicted octanol–water partition coefficient (Wildman–Crippen LogP) is 4.32. The van der Waals surface area contributed by atoms with Crippen molar-refractivity contribution in [2.24, 2.45) is 0 Å². The summed E-state index contributed by atoms with van der Waals surface area (Å²) in [4.78, 5) is 48.5. The highest BCUT2D eigenvalue weighted by Crippen LogP contribution is 2.35. The molecule has 0 spiro atoms. The van der Waals surface area contributed by atoms with Gasteiger partial charge in [0.25, 0.3) is 0 Å². The van der Waals surface area contributed by atoms with Gasteiger partial charge in [0.2, 0.25) is 11.8 Å². The van der Waals surface area contributed by atoms with Crippen molar-refractivity contribution in [1.82, 2.24) is 10.6 Å². The van der Waals surface area contributed by atoms with Crippen molar-refractivity contribution < 1.29 is 28.3 Å². The fourth-order valence-electron chi connectivity index (χ4n) is 5.20. The molecule has 2 amide bonds. The number of benzene rings is 1. The molecule has 9 heteroatoms. The zero-order valence-corrected chi connectivity index (χ0v) is 22.1. The van der Waals surface area contributed by atoms with Crippen molar-refractivity contribution in [1.29, 1.82) is 0 Å². The van der Waals surface area contributed by atoms with E-state index in [1.807, 2.05) is 19.9 Å². The Hall–Kier alpha value is -3.62. The van der Waals surface area contributed by atoms with Crippen LogP contribution in [0.25, 0.3) is 21.9 Å². The lowest BCUT2D eigenvalue weighted by molar-refractivity contribution is -0.137. The van der Waals surface area contributed by atoms with Gasteiger partial charge < -0.3 is 24.6 Å². The van der Waals surface area contributed by atoms with Gasteiger partial charge in [0, 0.05) is 53.8 Å². The molecule has 4 rings (SSSR count). The first-order valence-corrected chi connectivity index (χ1v) is 13.6. The summed E-state index contributed by atoms with van der Waals surface area (Å²) in [5.74, 6) is -0.390. The van der Waals surface area contributed by atoms with Crippen molar-refractivity contribution in [3.8, 4) is 0 Å². The second kappa shape index (κ2) is 12.3. The Morgan fingerprint density at radius 3 is 2.53 bits per heavy atom. The van der Waals surface area contributed by atoms with E-state index in [4.69, 9.17) is 13.9 Å². The second-order valence-corrected chi connectivity index (χ2v) is 10.1. The highest BCUT2D eigenvalue weighted by atomic mass is 16.4. The highest BCUT2D eigenvalue weighted by molar-refractivity contribution is 5.97. The molecule has 2 heterocycles. The van der Waals surface area contributed by atoms with E-state index < -0.39 is 17.6 Å². The molecule has 1 aliphatic carbocycles. The fraction of sp³-hybridized carbons (Fsp3) is 0.517. The minimum atomic E-state index is -0.826. The van der Waals surface area contributed by atoms with Gasteiger partial charge in [-0.15, -0.1) is 0 Å². The maximum absolute atomic E-state index is 12.8. The van der Waals surface area contributed by atoms with Crippen LogP contribution in [0, 0.1) is 6.92 Å². The van der Waals surface area contributed by atoms with Gasteiger partial charge in [-0.25, -0.2) is 4.79 Å². The minimum Gasteiger partial charge on any atom is -0.481 e. The molecule has 0 saturated carbocycles. The van der Waals surface area contributed by atoms with Gasteiger partial charge in [-0.2, -0.15) is 0 Å². The largest absolute Gasteiger partial charge is 0.481 e. The topological polar surface area (TPSA) is 139 Å². The van der Waals surface area contributed by atoms with E-state index in [1.165, 1.54) is 5.56 Å². The van der Waals surface area contributed by atoms with Crippen molar-refractivity contribution in [3.63, 3.8) is 0 Å². The summed E-state index contributed by atoms with van der Waals surface area (Å²) in [6.07, 6.45) is 6.90. The summed E-state index contributed by atoms with van der Waals surface area (Å²) in [5.41, 5.74) is 3.25. The van der Waals surface area contributed by atoms with E-state index in [-0.39, 0.29) is 31.1 Å². The summed E-state index contributed by atoms with van der Waals surface area (Å²) in [6, 6.07) is 3.17. The van der Waals surface area contributed by atoms with Gasteiger partial charge in [-0.3, -0.25) is 14.4 Å². The van der Waals surface area contributed by atoms with Crippen molar-refractivity contribution in [3.05, 3.63) is 45.0 Å². The maximum Gasteiger partial charge on any atom is 0.339 e. The van der Waals surface area contributed by atoms with Gasteiger partial charge in [-0.1, -0.05) is 13.3 Å². The first-order chi connectivity index (χ1) is 18.3. The number of hydrogen-bond donors (Lipinski definition) is 3. The van der Waals surface area contributed by atoms with E-state index in [1.54, 1.807) is 6.07 Å². The molecule has 0 fully saturated rings. The van der Waals surface area contributed by atoms with E-state index in [0.717, 1.165) is 53.4 Å². The van der Waals surface area contributed by atoms with Crippen LogP contribution in [0.5, 0.6) is 0 Å². The van der Waals surface area contributed by atoms with Crippen LogP contribution in [0.3, 0.4) is 0 Å². The van der Waals surface area contributed by atoms with Crippen LogP contribution in [-0.2, 0) is 33.6 Å². The lowest BCUT2D eigenvalue weighted by atomic mass is 9.94. The van der Waals surface area contributed by atoms with Crippen LogP contribution in [-0.4, -0.2) is 35.5 Å². The molecule has 1 atom stereocenters. The number of fused-ring (bicyclic) bond motifs is 4. The Balaban J connectivity index is 1.37. The summed E-state index contributed by atoms with van der Waals surface area (Å²) in [6.45, 7) is 4.12. The van der Waals surface area contributed by atoms with Crippen LogP contribution in [0.2, 0.25) is 0 Å². The molecule has 3 aromatic rings. The molecule has 0 bridgehead atoms. The molecule has 0 aliphatic heterocycles. The van der Waals surface area contributed by atoms with E-state index in [2.05, 4.69) is 10.6 Å². The molecule has 3 N–H and O–H groups in total. The number of furan rings is 1. The van der Waals surface area contributed by atoms with Gasteiger partial charge in [0.05, 0.1) is 0 Å². The Morgan fingerprint density at radius 1 is 1.00 bits per heavy atom. The lowest BCUT2D eigenvalue weighted by Gasteiger charge is -2.17. The van der Waals surface area contributed by atoms with E-state index in [0.29, 0.717) is 43.4 Å². The summed E-state index contributed by atoms with van der Waals surface area (Å²) in [5, 5.41) is 16.1. The number of aryl methyl sites for hydroxylation is 3. The summed E-state index contributed by atoms with van der Waals surface area (Å²) >= 11 is 0. The number of rotatable bonds is 12. The minimum absolute atomic E-state index is 0.0550. The number of carboxylic acids is 1. The first kappa shape index (κ1) is 27.4. The molecule has 1 aromatic carbocycles. The lowest BCUT2D eigenvalue weighted by Crippen LogP contribution is -2.46. The number of unbranched alkanes of at least 4 members (excludes halogenated alkanes) is 2. The van der Waals surface area contributed by atoms with Gasteiger partial charge in [-0.05, 0) is 63.5 Å². The van der Waals surface area contributed by atoms with Crippen LogP contribution < -0.4 is 16.3 Å². The number of carboxylic acid groups (broad SMARTS) is 1. The van der Waals surface area contributed by atoms with Crippen molar-refractivity contribution in [2.75, 3.05) is 6.54 Å². The Morgan fingerprint density at radius 2 is 1.76 bits per heavy atom. The standard InChI is InChI=1S/C29H36N2O7/c1-3-22(28(35)30-14-8-4-5-11-27(33)34)31-26(32)13-12-18-17(2)20-15-21-19-9-6-7-10-23(19)37-25(21)16-24(20)38-29(18)36/h15-16,22H,3-14H2,1-2H3,(H,30,35)(H,31,32)(H,33,34)/t22-/m1/s1. The molecule has 38 heavy (non-hydrogen) atoms. The van der Waals surface area contributed by atoms with Crippen LogP contribution in [0.4, 0.5) is 0 Å². The monoisotopic (exact) mass is 524 g/mol. The smallest absolute Gasteiger partial charge is 0.339 e. The highest BCUT2D eigenvalue weighted by Gasteiger charge is 2.22. The molecule has 9 nitrogen and oxygen atoms in total. The Kier molecular flexibility index (Phi) is 8.86. The maximum atomic E-state index is 12.8. The molecular formula is C29H36N2O7. The molecule has 0 unspecified atom stereocenters. The quantitative estimate of drug-likeness (QED) is 0.237. The number of hydrogen-bond acceptors (Lipinski definition) is 6. The third-order valence-corrected chi connectivity index (χ3v) is 7.39. The van der Waals surface area contributed by atoms with E-state index in [9.17, 15) is 19.2 Å². The molecule has 0 radical (unpaired) electrons. The molecule has 0 saturated heterocycles. The third kappa shape index (κ3) is 6.26. The molecule has 204 valence electrons. The number of amides is 2. The van der Waals surface area contributed by atoms with Crippen molar-refractivity contribution in [2.45, 2.75) is 90.5 Å².